The monoisotopic (exact) mass is 414 g/mol. The Labute approximate surface area is 170 Å². The summed E-state index contributed by atoms with van der Waals surface area (Å²) in [4.78, 5) is 47.3. The van der Waals surface area contributed by atoms with Crippen LogP contribution >= 0.6 is 0 Å². The maximum Gasteiger partial charge on any atom is 0.410 e. The lowest BCUT2D eigenvalue weighted by atomic mass is 10.2. The lowest BCUT2D eigenvalue weighted by Gasteiger charge is -2.20. The number of carboxylic acid groups (broad SMARTS) is 1. The molecule has 2 aromatic carbocycles. The highest BCUT2D eigenvalue weighted by Crippen LogP contribution is 2.23. The number of ether oxygens (including phenoxy) is 2. The summed E-state index contributed by atoms with van der Waals surface area (Å²) in [6.07, 6.45) is -1.72. The molecule has 1 amide bonds. The summed E-state index contributed by atoms with van der Waals surface area (Å²) in [7, 11) is 0. The van der Waals surface area contributed by atoms with E-state index in [1.807, 2.05) is 0 Å². The first-order valence-corrected chi connectivity index (χ1v) is 9.00. The Morgan fingerprint density at radius 2 is 1.77 bits per heavy atom. The zero-order valence-electron chi connectivity index (χ0n) is 15.7. The molecule has 1 heterocycles. The van der Waals surface area contributed by atoms with Crippen LogP contribution in [0.5, 0.6) is 0 Å². The molecule has 3 rings (SSSR count). The standard InChI is InChI=1S/C20H18N2O8/c23-18(24)17-10-16(30-19(25)14-4-2-1-3-5-14)11-21(17)20(26)29-12-13-6-8-15(9-7-13)22(27)28/h1-9,16-17H,10-12H2,(H,23,24)/t16-,17+/m1/s1. The number of carboxylic acids is 1. The van der Waals surface area contributed by atoms with Crippen LogP contribution in [-0.2, 0) is 20.9 Å². The largest absolute Gasteiger partial charge is 0.480 e. The smallest absolute Gasteiger partial charge is 0.410 e. The Bertz CT molecular complexity index is 945. The number of aliphatic carboxylic acids is 1. The van der Waals surface area contributed by atoms with Crippen molar-refractivity contribution in [1.82, 2.24) is 4.90 Å². The van der Waals surface area contributed by atoms with Crippen molar-refractivity contribution in [2.75, 3.05) is 6.54 Å². The van der Waals surface area contributed by atoms with E-state index in [0.717, 1.165) is 4.90 Å². The number of hydrogen-bond donors (Lipinski definition) is 1. The average Bonchev–Trinajstić information content (AvgIpc) is 3.17. The second kappa shape index (κ2) is 9.03. The summed E-state index contributed by atoms with van der Waals surface area (Å²) in [5.74, 6) is -1.84. The van der Waals surface area contributed by atoms with Gasteiger partial charge in [0.15, 0.2) is 0 Å². The Morgan fingerprint density at radius 3 is 2.37 bits per heavy atom. The van der Waals surface area contributed by atoms with Crippen molar-refractivity contribution < 1.29 is 33.9 Å². The summed E-state index contributed by atoms with van der Waals surface area (Å²) in [5, 5.41) is 20.1. The second-order valence-electron chi connectivity index (χ2n) is 6.61. The van der Waals surface area contributed by atoms with E-state index in [2.05, 4.69) is 0 Å². The van der Waals surface area contributed by atoms with E-state index in [9.17, 15) is 29.6 Å². The van der Waals surface area contributed by atoms with Gasteiger partial charge in [-0.25, -0.2) is 14.4 Å². The summed E-state index contributed by atoms with van der Waals surface area (Å²) in [5.41, 5.74) is 0.731. The quantitative estimate of drug-likeness (QED) is 0.433. The maximum atomic E-state index is 12.4. The van der Waals surface area contributed by atoms with E-state index in [1.165, 1.54) is 24.3 Å². The molecule has 2 atom stereocenters. The molecule has 0 saturated carbocycles. The van der Waals surface area contributed by atoms with Crippen molar-refractivity contribution in [2.24, 2.45) is 0 Å². The SMILES string of the molecule is O=C(O[C@@H]1C[C@@H](C(=O)O)N(C(=O)OCc2ccc([N+](=O)[O-])cc2)C1)c1ccccc1. The topological polar surface area (TPSA) is 136 Å². The molecule has 1 fully saturated rings. The van der Waals surface area contributed by atoms with Crippen molar-refractivity contribution in [3.8, 4) is 0 Å². The molecule has 0 aromatic heterocycles. The number of nitro groups is 1. The number of likely N-dealkylation sites (tertiary alicyclic amines) is 1. The van der Waals surface area contributed by atoms with Crippen LogP contribution in [0.15, 0.2) is 54.6 Å². The van der Waals surface area contributed by atoms with Gasteiger partial charge in [-0.3, -0.25) is 15.0 Å². The number of non-ortho nitro benzene ring substituents is 1. The van der Waals surface area contributed by atoms with Crippen LogP contribution in [0.3, 0.4) is 0 Å². The third-order valence-electron chi connectivity index (χ3n) is 4.57. The number of amides is 1. The van der Waals surface area contributed by atoms with Crippen molar-refractivity contribution in [3.05, 3.63) is 75.8 Å². The molecule has 0 bridgehead atoms. The van der Waals surface area contributed by atoms with Crippen molar-refractivity contribution >= 4 is 23.7 Å². The molecular weight excluding hydrogens is 396 g/mol. The predicted molar refractivity (Wildman–Crippen MR) is 102 cm³/mol. The summed E-state index contributed by atoms with van der Waals surface area (Å²) in [6.45, 7) is -0.303. The molecule has 1 saturated heterocycles. The fourth-order valence-electron chi connectivity index (χ4n) is 3.05. The molecular formula is C20H18N2O8. The molecule has 10 heteroatoms. The molecule has 0 unspecified atom stereocenters. The lowest BCUT2D eigenvalue weighted by molar-refractivity contribution is -0.384. The van der Waals surface area contributed by atoms with E-state index >= 15 is 0 Å². The van der Waals surface area contributed by atoms with Crippen LogP contribution in [0.25, 0.3) is 0 Å². The van der Waals surface area contributed by atoms with Crippen LogP contribution in [0, 0.1) is 10.1 Å². The van der Waals surface area contributed by atoms with Crippen molar-refractivity contribution in [2.45, 2.75) is 25.2 Å². The number of carbonyl (C=O) groups excluding carboxylic acids is 2. The number of benzene rings is 2. The number of rotatable bonds is 6. The number of hydrogen-bond acceptors (Lipinski definition) is 7. The molecule has 156 valence electrons. The van der Waals surface area contributed by atoms with Crippen LogP contribution < -0.4 is 0 Å². The first kappa shape index (κ1) is 20.8. The van der Waals surface area contributed by atoms with Crippen molar-refractivity contribution in [3.63, 3.8) is 0 Å². The normalized spacial score (nSPS) is 17.9. The average molecular weight is 414 g/mol. The maximum absolute atomic E-state index is 12.4. The first-order valence-electron chi connectivity index (χ1n) is 9.00. The number of carbonyl (C=O) groups is 3. The molecule has 1 N–H and O–H groups in total. The van der Waals surface area contributed by atoms with E-state index in [1.54, 1.807) is 30.3 Å². The molecule has 0 spiro atoms. The zero-order chi connectivity index (χ0) is 21.7. The Hall–Kier alpha value is -3.95. The van der Waals surface area contributed by atoms with Gasteiger partial charge in [-0.15, -0.1) is 0 Å². The molecule has 1 aliphatic rings. The van der Waals surface area contributed by atoms with Gasteiger partial charge in [-0.2, -0.15) is 0 Å². The highest BCUT2D eigenvalue weighted by molar-refractivity contribution is 5.89. The van der Waals surface area contributed by atoms with Crippen LogP contribution in [0.1, 0.15) is 22.3 Å². The third kappa shape index (κ3) is 4.90. The van der Waals surface area contributed by atoms with E-state index < -0.39 is 35.1 Å². The first-order chi connectivity index (χ1) is 14.3. The van der Waals surface area contributed by atoms with Crippen LogP contribution in [0.4, 0.5) is 10.5 Å². The molecule has 0 aliphatic carbocycles. The number of nitro benzene ring substituents is 1. The van der Waals surface area contributed by atoms with Gasteiger partial charge in [0.25, 0.3) is 5.69 Å². The van der Waals surface area contributed by atoms with Crippen molar-refractivity contribution in [1.29, 1.82) is 0 Å². The second-order valence-corrected chi connectivity index (χ2v) is 6.61. The Morgan fingerprint density at radius 1 is 1.10 bits per heavy atom. The lowest BCUT2D eigenvalue weighted by Crippen LogP contribution is -2.40. The minimum Gasteiger partial charge on any atom is -0.480 e. The van der Waals surface area contributed by atoms with Gasteiger partial charge < -0.3 is 14.6 Å². The third-order valence-corrected chi connectivity index (χ3v) is 4.57. The van der Waals surface area contributed by atoms with Crippen LogP contribution in [-0.4, -0.2) is 51.7 Å². The van der Waals surface area contributed by atoms with Gasteiger partial charge in [0.1, 0.15) is 18.8 Å². The van der Waals surface area contributed by atoms with Crippen LogP contribution in [0.2, 0.25) is 0 Å². The molecule has 30 heavy (non-hydrogen) atoms. The van der Waals surface area contributed by atoms with Gasteiger partial charge >= 0.3 is 18.0 Å². The van der Waals surface area contributed by atoms with E-state index in [0.29, 0.717) is 11.1 Å². The van der Waals surface area contributed by atoms with Gasteiger partial charge in [0, 0.05) is 18.6 Å². The van der Waals surface area contributed by atoms with Gasteiger partial charge in [-0.1, -0.05) is 18.2 Å². The molecule has 1 aliphatic heterocycles. The number of nitrogens with zero attached hydrogens (tertiary/aromatic N) is 2. The fourth-order valence-corrected chi connectivity index (χ4v) is 3.05. The summed E-state index contributed by atoms with van der Waals surface area (Å²) >= 11 is 0. The summed E-state index contributed by atoms with van der Waals surface area (Å²) < 4.78 is 10.5. The fraction of sp³-hybridized carbons (Fsp3) is 0.250. The zero-order valence-corrected chi connectivity index (χ0v) is 15.7. The molecule has 10 nitrogen and oxygen atoms in total. The highest BCUT2D eigenvalue weighted by atomic mass is 16.6. The Balaban J connectivity index is 1.60. The van der Waals surface area contributed by atoms with E-state index in [4.69, 9.17) is 9.47 Å². The van der Waals surface area contributed by atoms with Gasteiger partial charge in [0.05, 0.1) is 17.0 Å². The minimum atomic E-state index is -1.24. The van der Waals surface area contributed by atoms with Gasteiger partial charge in [0.2, 0.25) is 0 Å². The molecule has 0 radical (unpaired) electrons. The highest BCUT2D eigenvalue weighted by Gasteiger charge is 2.42. The van der Waals surface area contributed by atoms with E-state index in [-0.39, 0.29) is 25.3 Å². The van der Waals surface area contributed by atoms with Gasteiger partial charge in [-0.05, 0) is 29.8 Å². The number of esters is 1. The summed E-state index contributed by atoms with van der Waals surface area (Å²) in [6, 6.07) is 12.5. The Kier molecular flexibility index (Phi) is 6.26. The predicted octanol–water partition coefficient (Wildman–Crippen LogP) is 2.62. The molecule has 2 aromatic rings. The minimum absolute atomic E-state index is 0.0550.